The Morgan fingerprint density at radius 1 is 1.40 bits per heavy atom. The van der Waals surface area contributed by atoms with Crippen LogP contribution in [0.5, 0.6) is 0 Å². The average Bonchev–Trinajstić information content (AvgIpc) is 2.88. The second kappa shape index (κ2) is 6.05. The fourth-order valence-corrected chi connectivity index (χ4v) is 2.43. The Morgan fingerprint density at radius 2 is 2.15 bits per heavy atom. The summed E-state index contributed by atoms with van der Waals surface area (Å²) in [5.74, 6) is -0.0395. The predicted molar refractivity (Wildman–Crippen MR) is 76.8 cm³/mol. The zero-order valence-electron chi connectivity index (χ0n) is 11.7. The third-order valence-corrected chi connectivity index (χ3v) is 3.80. The Balaban J connectivity index is 1.98. The van der Waals surface area contributed by atoms with Crippen LogP contribution in [0.4, 0.5) is 5.69 Å². The Bertz CT molecular complexity index is 514. The van der Waals surface area contributed by atoms with Crippen LogP contribution in [0.15, 0.2) is 24.3 Å². The van der Waals surface area contributed by atoms with Crippen molar-refractivity contribution in [3.05, 3.63) is 29.8 Å². The fraction of sp³-hybridized carbons (Fsp3) is 0.467. The van der Waals surface area contributed by atoms with Crippen LogP contribution in [-0.2, 0) is 4.79 Å². The van der Waals surface area contributed by atoms with Gasteiger partial charge in [-0.05, 0) is 43.0 Å². The number of anilines is 1. The molecule has 2 rings (SSSR count). The highest BCUT2D eigenvalue weighted by atomic mass is 16.4. The van der Waals surface area contributed by atoms with Crippen molar-refractivity contribution in [1.82, 2.24) is 5.32 Å². The van der Waals surface area contributed by atoms with Crippen LogP contribution >= 0.6 is 0 Å². The molecule has 0 aliphatic carbocycles. The lowest BCUT2D eigenvalue weighted by molar-refractivity contribution is -0.117. The molecule has 1 aliphatic heterocycles. The molecule has 2 unspecified atom stereocenters. The van der Waals surface area contributed by atoms with Crippen LogP contribution in [-0.4, -0.2) is 29.6 Å². The van der Waals surface area contributed by atoms with Crippen molar-refractivity contribution in [2.75, 3.05) is 11.9 Å². The maximum Gasteiger partial charge on any atom is 0.335 e. The van der Waals surface area contributed by atoms with Crippen molar-refractivity contribution >= 4 is 17.6 Å². The minimum Gasteiger partial charge on any atom is -0.478 e. The molecule has 1 aromatic carbocycles. The van der Waals surface area contributed by atoms with E-state index in [-0.39, 0.29) is 17.5 Å². The third-order valence-electron chi connectivity index (χ3n) is 3.80. The lowest BCUT2D eigenvalue weighted by Crippen LogP contribution is -2.35. The number of nitrogens with one attached hydrogen (secondary N) is 2. The van der Waals surface area contributed by atoms with Crippen molar-refractivity contribution in [3.8, 4) is 0 Å². The average molecular weight is 276 g/mol. The number of benzene rings is 1. The molecule has 0 bridgehead atoms. The molecule has 1 amide bonds. The zero-order chi connectivity index (χ0) is 14.7. The summed E-state index contributed by atoms with van der Waals surface area (Å²) < 4.78 is 0. The second-order valence-electron chi connectivity index (χ2n) is 5.58. The number of carboxylic acid groups (broad SMARTS) is 1. The van der Waals surface area contributed by atoms with Crippen LogP contribution in [0.2, 0.25) is 0 Å². The third kappa shape index (κ3) is 3.36. The van der Waals surface area contributed by atoms with E-state index < -0.39 is 5.97 Å². The Hall–Kier alpha value is -1.88. The van der Waals surface area contributed by atoms with E-state index in [1.807, 2.05) is 0 Å². The van der Waals surface area contributed by atoms with Crippen molar-refractivity contribution in [3.63, 3.8) is 0 Å². The van der Waals surface area contributed by atoms with E-state index in [1.54, 1.807) is 12.1 Å². The monoisotopic (exact) mass is 276 g/mol. The molecular weight excluding hydrogens is 256 g/mol. The van der Waals surface area contributed by atoms with Crippen molar-refractivity contribution in [1.29, 1.82) is 0 Å². The standard InChI is InChI=1S/C15H20N2O3/c1-9(2)11-7-13(16-8-11)14(18)17-12-5-3-4-10(6-12)15(19)20/h3-6,9,11,13,16H,7-8H2,1-2H3,(H,17,18)(H,19,20). The summed E-state index contributed by atoms with van der Waals surface area (Å²) in [6.07, 6.45) is 0.822. The molecule has 108 valence electrons. The lowest BCUT2D eigenvalue weighted by atomic mass is 9.93. The summed E-state index contributed by atoms with van der Waals surface area (Å²) in [4.78, 5) is 23.0. The van der Waals surface area contributed by atoms with E-state index in [2.05, 4.69) is 24.5 Å². The first-order chi connectivity index (χ1) is 9.47. The van der Waals surface area contributed by atoms with E-state index in [0.717, 1.165) is 13.0 Å². The summed E-state index contributed by atoms with van der Waals surface area (Å²) in [7, 11) is 0. The van der Waals surface area contributed by atoms with E-state index in [0.29, 0.717) is 17.5 Å². The first-order valence-electron chi connectivity index (χ1n) is 6.85. The van der Waals surface area contributed by atoms with Gasteiger partial charge in [0.2, 0.25) is 5.91 Å². The topological polar surface area (TPSA) is 78.4 Å². The molecule has 1 saturated heterocycles. The molecular formula is C15H20N2O3. The predicted octanol–water partition coefficient (Wildman–Crippen LogP) is 1.96. The molecule has 5 heteroatoms. The number of hydrogen-bond donors (Lipinski definition) is 3. The number of hydrogen-bond acceptors (Lipinski definition) is 3. The second-order valence-corrected chi connectivity index (χ2v) is 5.58. The summed E-state index contributed by atoms with van der Waals surface area (Å²) in [6, 6.07) is 6.09. The molecule has 0 radical (unpaired) electrons. The van der Waals surface area contributed by atoms with E-state index >= 15 is 0 Å². The Kier molecular flexibility index (Phi) is 4.39. The van der Waals surface area contributed by atoms with Gasteiger partial charge in [-0.2, -0.15) is 0 Å². The van der Waals surface area contributed by atoms with Gasteiger partial charge in [0, 0.05) is 5.69 Å². The normalized spacial score (nSPS) is 21.9. The van der Waals surface area contributed by atoms with Crippen LogP contribution in [0, 0.1) is 11.8 Å². The fourth-order valence-electron chi connectivity index (χ4n) is 2.43. The van der Waals surface area contributed by atoms with E-state index in [1.165, 1.54) is 12.1 Å². The number of rotatable bonds is 4. The summed E-state index contributed by atoms with van der Waals surface area (Å²) in [5.41, 5.74) is 0.687. The molecule has 1 heterocycles. The van der Waals surface area contributed by atoms with Crippen LogP contribution in [0.25, 0.3) is 0 Å². The minimum atomic E-state index is -1.00. The quantitative estimate of drug-likeness (QED) is 0.785. The first kappa shape index (κ1) is 14.5. The molecule has 1 aromatic rings. The summed E-state index contributed by atoms with van der Waals surface area (Å²) in [6.45, 7) is 5.16. The highest BCUT2D eigenvalue weighted by Gasteiger charge is 2.30. The molecule has 1 fully saturated rings. The van der Waals surface area contributed by atoms with Gasteiger partial charge in [0.25, 0.3) is 0 Å². The Morgan fingerprint density at radius 3 is 2.75 bits per heavy atom. The minimum absolute atomic E-state index is 0.101. The van der Waals surface area contributed by atoms with Crippen LogP contribution in [0.3, 0.4) is 0 Å². The number of carbonyl (C=O) groups excluding carboxylic acids is 1. The van der Waals surface area contributed by atoms with Crippen molar-refractivity contribution in [2.45, 2.75) is 26.3 Å². The van der Waals surface area contributed by atoms with Gasteiger partial charge < -0.3 is 15.7 Å². The first-order valence-corrected chi connectivity index (χ1v) is 6.85. The lowest BCUT2D eigenvalue weighted by Gasteiger charge is -2.13. The SMILES string of the molecule is CC(C)C1CNC(C(=O)Nc2cccc(C(=O)O)c2)C1. The number of aromatic carboxylic acids is 1. The molecule has 5 nitrogen and oxygen atoms in total. The molecule has 3 N–H and O–H groups in total. The number of amides is 1. The summed E-state index contributed by atoms with van der Waals surface area (Å²) >= 11 is 0. The number of carbonyl (C=O) groups is 2. The van der Waals surface area contributed by atoms with Crippen molar-refractivity contribution in [2.24, 2.45) is 11.8 Å². The highest BCUT2D eigenvalue weighted by molar-refractivity contribution is 5.96. The Labute approximate surface area is 118 Å². The highest BCUT2D eigenvalue weighted by Crippen LogP contribution is 2.23. The van der Waals surface area contributed by atoms with Crippen LogP contribution in [0.1, 0.15) is 30.6 Å². The van der Waals surface area contributed by atoms with Gasteiger partial charge in [-0.3, -0.25) is 4.79 Å². The number of carboxylic acids is 1. The summed E-state index contributed by atoms with van der Waals surface area (Å²) in [5, 5.41) is 14.9. The maximum atomic E-state index is 12.1. The smallest absolute Gasteiger partial charge is 0.335 e. The van der Waals surface area contributed by atoms with Gasteiger partial charge in [0.15, 0.2) is 0 Å². The molecule has 20 heavy (non-hydrogen) atoms. The van der Waals surface area contributed by atoms with Gasteiger partial charge >= 0.3 is 5.97 Å². The van der Waals surface area contributed by atoms with Gasteiger partial charge in [-0.15, -0.1) is 0 Å². The maximum absolute atomic E-state index is 12.1. The van der Waals surface area contributed by atoms with E-state index in [9.17, 15) is 9.59 Å². The van der Waals surface area contributed by atoms with Gasteiger partial charge in [0.1, 0.15) is 0 Å². The van der Waals surface area contributed by atoms with Gasteiger partial charge in [-0.25, -0.2) is 4.79 Å². The van der Waals surface area contributed by atoms with Gasteiger partial charge in [0.05, 0.1) is 11.6 Å². The molecule has 2 atom stereocenters. The van der Waals surface area contributed by atoms with E-state index in [4.69, 9.17) is 5.11 Å². The van der Waals surface area contributed by atoms with Gasteiger partial charge in [-0.1, -0.05) is 19.9 Å². The molecule has 0 spiro atoms. The largest absolute Gasteiger partial charge is 0.478 e. The molecule has 0 aromatic heterocycles. The molecule has 0 saturated carbocycles. The molecule has 1 aliphatic rings. The van der Waals surface area contributed by atoms with Crippen molar-refractivity contribution < 1.29 is 14.7 Å². The zero-order valence-corrected chi connectivity index (χ0v) is 11.7. The van der Waals surface area contributed by atoms with Crippen LogP contribution < -0.4 is 10.6 Å².